The van der Waals surface area contributed by atoms with E-state index in [1.54, 1.807) is 24.3 Å². The van der Waals surface area contributed by atoms with Gasteiger partial charge in [-0.3, -0.25) is 9.59 Å². The van der Waals surface area contributed by atoms with Crippen molar-refractivity contribution >= 4 is 29.9 Å². The number of nitrogens with zero attached hydrogens (tertiary/aromatic N) is 1. The maximum absolute atomic E-state index is 12.3. The molecule has 138 valence electrons. The first-order chi connectivity index (χ1) is 12.1. The van der Waals surface area contributed by atoms with E-state index < -0.39 is 6.04 Å². The molecule has 1 aliphatic heterocycles. The smallest absolute Gasteiger partial charge is 0.253 e. The number of hydrogen-bond donors (Lipinski definition) is 2. The van der Waals surface area contributed by atoms with E-state index in [0.717, 1.165) is 31.5 Å². The number of carbonyl (C=O) groups excluding carboxylic acids is 2. The molecule has 1 heterocycles. The predicted molar refractivity (Wildman–Crippen MR) is 106 cm³/mol. The Morgan fingerprint density at radius 3 is 2.23 bits per heavy atom. The number of rotatable bonds is 5. The van der Waals surface area contributed by atoms with Crippen molar-refractivity contribution in [3.8, 4) is 0 Å². The van der Waals surface area contributed by atoms with E-state index in [1.165, 1.54) is 0 Å². The molecule has 3 rings (SSSR count). The molecule has 1 atom stereocenters. The van der Waals surface area contributed by atoms with Gasteiger partial charge in [0.25, 0.3) is 5.91 Å². The molecule has 0 aromatic heterocycles. The molecule has 0 radical (unpaired) electrons. The van der Waals surface area contributed by atoms with Crippen LogP contribution in [0.3, 0.4) is 0 Å². The molecule has 2 aromatic rings. The van der Waals surface area contributed by atoms with Gasteiger partial charge in [0.15, 0.2) is 0 Å². The number of nitrogens with two attached hydrogens (primary N) is 1. The van der Waals surface area contributed by atoms with E-state index in [-0.39, 0.29) is 24.2 Å². The summed E-state index contributed by atoms with van der Waals surface area (Å²) in [7, 11) is 0. The highest BCUT2D eigenvalue weighted by Crippen LogP contribution is 2.15. The molecule has 2 aromatic carbocycles. The highest BCUT2D eigenvalue weighted by atomic mass is 35.5. The van der Waals surface area contributed by atoms with E-state index in [1.807, 2.05) is 35.2 Å². The average molecular weight is 374 g/mol. The van der Waals surface area contributed by atoms with Gasteiger partial charge in [-0.15, -0.1) is 12.4 Å². The molecule has 0 bridgehead atoms. The van der Waals surface area contributed by atoms with Crippen LogP contribution in [0.2, 0.25) is 0 Å². The molecule has 0 unspecified atom stereocenters. The molecule has 1 saturated heterocycles. The molecule has 1 aliphatic rings. The van der Waals surface area contributed by atoms with Crippen molar-refractivity contribution in [3.05, 3.63) is 65.7 Å². The number of hydrogen-bond acceptors (Lipinski definition) is 3. The number of amides is 2. The van der Waals surface area contributed by atoms with E-state index in [0.29, 0.717) is 17.7 Å². The van der Waals surface area contributed by atoms with Crippen LogP contribution < -0.4 is 11.1 Å². The van der Waals surface area contributed by atoms with Gasteiger partial charge in [0.2, 0.25) is 5.91 Å². The van der Waals surface area contributed by atoms with Gasteiger partial charge in [0.1, 0.15) is 0 Å². The summed E-state index contributed by atoms with van der Waals surface area (Å²) in [5.41, 5.74) is 8.30. The lowest BCUT2D eigenvalue weighted by atomic mass is 10.1. The number of carbonyl (C=O) groups is 2. The fourth-order valence-electron chi connectivity index (χ4n) is 2.99. The number of halogens is 1. The Hall–Kier alpha value is -2.37. The Morgan fingerprint density at radius 2 is 1.62 bits per heavy atom. The Morgan fingerprint density at radius 1 is 1.00 bits per heavy atom. The van der Waals surface area contributed by atoms with Crippen LogP contribution in [0, 0.1) is 0 Å². The first-order valence-corrected chi connectivity index (χ1v) is 8.63. The standard InChI is InChI=1S/C20H23N3O2.ClH/c21-18(14-15-6-2-1-3-7-15)19(24)22-17-10-8-16(9-11-17)20(25)23-12-4-5-13-23;/h1-3,6-11,18H,4-5,12-14,21H2,(H,22,24);1H/t18-;/m0./s1. The third-order valence-electron chi connectivity index (χ3n) is 4.43. The van der Waals surface area contributed by atoms with Crippen LogP contribution in [0.4, 0.5) is 5.69 Å². The molecule has 26 heavy (non-hydrogen) atoms. The topological polar surface area (TPSA) is 75.4 Å². The molecule has 1 fully saturated rings. The summed E-state index contributed by atoms with van der Waals surface area (Å²) >= 11 is 0. The summed E-state index contributed by atoms with van der Waals surface area (Å²) in [6.07, 6.45) is 2.62. The number of benzene rings is 2. The van der Waals surface area contributed by atoms with Gasteiger partial charge >= 0.3 is 0 Å². The van der Waals surface area contributed by atoms with E-state index >= 15 is 0 Å². The second-order valence-electron chi connectivity index (χ2n) is 6.36. The third kappa shape index (κ3) is 5.07. The van der Waals surface area contributed by atoms with E-state index in [4.69, 9.17) is 5.73 Å². The largest absolute Gasteiger partial charge is 0.339 e. The van der Waals surface area contributed by atoms with Crippen LogP contribution in [-0.4, -0.2) is 35.8 Å². The highest BCUT2D eigenvalue weighted by Gasteiger charge is 2.19. The maximum atomic E-state index is 12.3. The van der Waals surface area contributed by atoms with Crippen LogP contribution in [-0.2, 0) is 11.2 Å². The van der Waals surface area contributed by atoms with E-state index in [2.05, 4.69) is 5.32 Å². The van der Waals surface area contributed by atoms with Crippen molar-refractivity contribution in [1.82, 2.24) is 4.90 Å². The number of nitrogens with one attached hydrogen (secondary N) is 1. The Kier molecular flexibility index (Phi) is 7.18. The zero-order valence-corrected chi connectivity index (χ0v) is 15.4. The second kappa shape index (κ2) is 9.36. The molecule has 5 nitrogen and oxygen atoms in total. The quantitative estimate of drug-likeness (QED) is 0.846. The van der Waals surface area contributed by atoms with Crippen LogP contribution in [0.25, 0.3) is 0 Å². The summed E-state index contributed by atoms with van der Waals surface area (Å²) in [6, 6.07) is 16.1. The summed E-state index contributed by atoms with van der Waals surface area (Å²) < 4.78 is 0. The minimum absolute atomic E-state index is 0. The normalized spacial score (nSPS) is 14.4. The van der Waals surface area contributed by atoms with Gasteiger partial charge in [0.05, 0.1) is 6.04 Å². The van der Waals surface area contributed by atoms with Gasteiger partial charge in [-0.1, -0.05) is 30.3 Å². The lowest BCUT2D eigenvalue weighted by Crippen LogP contribution is -2.37. The van der Waals surface area contributed by atoms with Crippen molar-refractivity contribution in [2.45, 2.75) is 25.3 Å². The van der Waals surface area contributed by atoms with Gasteiger partial charge in [-0.2, -0.15) is 0 Å². The lowest BCUT2D eigenvalue weighted by Gasteiger charge is -2.16. The zero-order valence-electron chi connectivity index (χ0n) is 14.6. The first-order valence-electron chi connectivity index (χ1n) is 8.63. The van der Waals surface area contributed by atoms with Gasteiger partial charge in [0, 0.05) is 24.3 Å². The molecule has 3 N–H and O–H groups in total. The van der Waals surface area contributed by atoms with Crippen LogP contribution >= 0.6 is 12.4 Å². The van der Waals surface area contributed by atoms with Gasteiger partial charge in [-0.25, -0.2) is 0 Å². The highest BCUT2D eigenvalue weighted by molar-refractivity contribution is 5.97. The first kappa shape index (κ1) is 19.9. The number of anilines is 1. The number of likely N-dealkylation sites (tertiary alicyclic amines) is 1. The van der Waals surface area contributed by atoms with Crippen molar-refractivity contribution in [2.75, 3.05) is 18.4 Å². The van der Waals surface area contributed by atoms with E-state index in [9.17, 15) is 9.59 Å². The minimum Gasteiger partial charge on any atom is -0.339 e. The molecule has 0 spiro atoms. The van der Waals surface area contributed by atoms with Crippen molar-refractivity contribution < 1.29 is 9.59 Å². The van der Waals surface area contributed by atoms with Crippen LogP contribution in [0.15, 0.2) is 54.6 Å². The molecule has 2 amide bonds. The Bertz CT molecular complexity index is 728. The SMILES string of the molecule is Cl.N[C@@H](Cc1ccccc1)C(=O)Nc1ccc(C(=O)N2CCCC2)cc1. The van der Waals surface area contributed by atoms with Crippen molar-refractivity contribution in [2.24, 2.45) is 5.73 Å². The molecule has 6 heteroatoms. The molecular weight excluding hydrogens is 350 g/mol. The molecule has 0 saturated carbocycles. The van der Waals surface area contributed by atoms with Gasteiger partial charge < -0.3 is 16.0 Å². The fourth-order valence-corrected chi connectivity index (χ4v) is 2.99. The van der Waals surface area contributed by atoms with Crippen LogP contribution in [0.1, 0.15) is 28.8 Å². The fraction of sp³-hybridized carbons (Fsp3) is 0.300. The van der Waals surface area contributed by atoms with Gasteiger partial charge in [-0.05, 0) is 49.1 Å². The Labute approximate surface area is 160 Å². The minimum atomic E-state index is -0.617. The summed E-state index contributed by atoms with van der Waals surface area (Å²) in [5.74, 6) is -0.182. The third-order valence-corrected chi connectivity index (χ3v) is 4.43. The Balaban J connectivity index is 0.00000243. The summed E-state index contributed by atoms with van der Waals surface area (Å²) in [4.78, 5) is 26.4. The van der Waals surface area contributed by atoms with Crippen molar-refractivity contribution in [1.29, 1.82) is 0 Å². The molecule has 0 aliphatic carbocycles. The van der Waals surface area contributed by atoms with Crippen LogP contribution in [0.5, 0.6) is 0 Å². The predicted octanol–water partition coefficient (Wildman–Crippen LogP) is 2.85. The average Bonchev–Trinajstić information content (AvgIpc) is 3.17. The zero-order chi connectivity index (χ0) is 17.6. The molecular formula is C20H24ClN3O2. The maximum Gasteiger partial charge on any atom is 0.253 e. The second-order valence-corrected chi connectivity index (χ2v) is 6.36. The van der Waals surface area contributed by atoms with Crippen molar-refractivity contribution in [3.63, 3.8) is 0 Å². The lowest BCUT2D eigenvalue weighted by molar-refractivity contribution is -0.117. The monoisotopic (exact) mass is 373 g/mol. The summed E-state index contributed by atoms with van der Waals surface area (Å²) in [6.45, 7) is 1.65. The summed E-state index contributed by atoms with van der Waals surface area (Å²) in [5, 5.41) is 2.81.